The molecule has 2 aliphatic heterocycles. The first-order valence-electron chi connectivity index (χ1n) is 7.87. The molecule has 5 heteroatoms. The molecular formula is C16H24ClN3O. The summed E-state index contributed by atoms with van der Waals surface area (Å²) < 4.78 is 5.77. The van der Waals surface area contributed by atoms with Crippen molar-refractivity contribution >= 4 is 11.6 Å². The molecule has 0 bridgehead atoms. The largest absolute Gasteiger partial charge is 0.491 e. The molecule has 0 aliphatic carbocycles. The molecule has 21 heavy (non-hydrogen) atoms. The van der Waals surface area contributed by atoms with E-state index >= 15 is 0 Å². The van der Waals surface area contributed by atoms with Crippen molar-refractivity contribution in [3.8, 4) is 5.75 Å². The van der Waals surface area contributed by atoms with Gasteiger partial charge in [0.25, 0.3) is 0 Å². The Morgan fingerprint density at radius 2 is 2.00 bits per heavy atom. The Hall–Kier alpha value is -0.810. The van der Waals surface area contributed by atoms with Crippen molar-refractivity contribution < 1.29 is 4.74 Å². The molecule has 1 aromatic rings. The maximum Gasteiger partial charge on any atom is 0.137 e. The van der Waals surface area contributed by atoms with Gasteiger partial charge in [-0.3, -0.25) is 9.80 Å². The van der Waals surface area contributed by atoms with E-state index in [2.05, 4.69) is 15.1 Å². The predicted octanol–water partition coefficient (Wildman–Crippen LogP) is 1.70. The zero-order chi connectivity index (χ0) is 14.5. The quantitative estimate of drug-likeness (QED) is 0.896. The second-order valence-corrected chi connectivity index (χ2v) is 6.21. The Morgan fingerprint density at radius 3 is 2.71 bits per heavy atom. The second kappa shape index (κ2) is 7.45. The lowest BCUT2D eigenvalue weighted by Crippen LogP contribution is -2.51. The van der Waals surface area contributed by atoms with E-state index in [4.69, 9.17) is 16.3 Å². The minimum absolute atomic E-state index is 0.691. The Labute approximate surface area is 132 Å². The number of ether oxygens (including phenoxy) is 1. The fraction of sp³-hybridized carbons (Fsp3) is 0.625. The van der Waals surface area contributed by atoms with Gasteiger partial charge in [0, 0.05) is 45.3 Å². The number of hydrogen-bond acceptors (Lipinski definition) is 4. The van der Waals surface area contributed by atoms with E-state index in [0.717, 1.165) is 38.0 Å². The molecule has 1 unspecified atom stereocenters. The van der Waals surface area contributed by atoms with Crippen molar-refractivity contribution in [1.82, 2.24) is 15.1 Å². The number of nitrogens with zero attached hydrogens (tertiary/aromatic N) is 2. The molecular weight excluding hydrogens is 286 g/mol. The van der Waals surface area contributed by atoms with Gasteiger partial charge in [-0.1, -0.05) is 23.7 Å². The van der Waals surface area contributed by atoms with Crippen LogP contribution in [0.25, 0.3) is 0 Å². The fourth-order valence-electron chi connectivity index (χ4n) is 3.15. The lowest BCUT2D eigenvalue weighted by atomic mass is 10.2. The first-order valence-corrected chi connectivity index (χ1v) is 8.25. The van der Waals surface area contributed by atoms with E-state index in [0.29, 0.717) is 11.6 Å². The molecule has 1 aromatic carbocycles. The zero-order valence-corrected chi connectivity index (χ0v) is 13.2. The van der Waals surface area contributed by atoms with Gasteiger partial charge in [-0.15, -0.1) is 0 Å². The molecule has 2 heterocycles. The average molecular weight is 310 g/mol. The van der Waals surface area contributed by atoms with Gasteiger partial charge >= 0.3 is 0 Å². The third kappa shape index (κ3) is 4.10. The first kappa shape index (κ1) is 15.1. The highest BCUT2D eigenvalue weighted by Gasteiger charge is 2.25. The number of piperazine rings is 1. The average Bonchev–Trinajstić information content (AvgIpc) is 3.04. The van der Waals surface area contributed by atoms with Crippen molar-refractivity contribution in [2.45, 2.75) is 12.5 Å². The number of nitrogens with one attached hydrogen (secondary N) is 1. The van der Waals surface area contributed by atoms with Gasteiger partial charge in [0.15, 0.2) is 0 Å². The molecule has 2 aliphatic rings. The Balaban J connectivity index is 1.37. The van der Waals surface area contributed by atoms with Crippen molar-refractivity contribution in [2.24, 2.45) is 0 Å². The zero-order valence-electron chi connectivity index (χ0n) is 12.4. The molecule has 1 N–H and O–H groups in total. The van der Waals surface area contributed by atoms with E-state index in [1.807, 2.05) is 24.3 Å². The lowest BCUT2D eigenvalue weighted by Gasteiger charge is -2.37. The lowest BCUT2D eigenvalue weighted by molar-refractivity contribution is 0.0921. The van der Waals surface area contributed by atoms with Crippen LogP contribution in [0.4, 0.5) is 0 Å². The molecule has 0 radical (unpaired) electrons. The van der Waals surface area contributed by atoms with Crippen molar-refractivity contribution in [2.75, 3.05) is 52.4 Å². The Kier molecular flexibility index (Phi) is 5.36. The Bertz CT molecular complexity index is 443. The smallest absolute Gasteiger partial charge is 0.137 e. The first-order chi connectivity index (χ1) is 10.3. The van der Waals surface area contributed by atoms with E-state index in [-0.39, 0.29) is 0 Å². The van der Waals surface area contributed by atoms with Crippen LogP contribution >= 0.6 is 11.6 Å². The highest BCUT2D eigenvalue weighted by atomic mass is 35.5. The SMILES string of the molecule is Clc1ccccc1OCCN1CCN(C2CCNC2)CC1. The normalized spacial score (nSPS) is 24.3. The van der Waals surface area contributed by atoms with Gasteiger partial charge in [-0.25, -0.2) is 0 Å². The van der Waals surface area contributed by atoms with Crippen LogP contribution < -0.4 is 10.1 Å². The minimum Gasteiger partial charge on any atom is -0.491 e. The minimum atomic E-state index is 0.691. The summed E-state index contributed by atoms with van der Waals surface area (Å²) in [7, 11) is 0. The highest BCUT2D eigenvalue weighted by molar-refractivity contribution is 6.32. The van der Waals surface area contributed by atoms with Crippen molar-refractivity contribution in [3.63, 3.8) is 0 Å². The van der Waals surface area contributed by atoms with E-state index in [1.54, 1.807) is 0 Å². The third-order valence-corrected chi connectivity index (χ3v) is 4.77. The summed E-state index contributed by atoms with van der Waals surface area (Å²) in [6.07, 6.45) is 1.30. The van der Waals surface area contributed by atoms with Crippen LogP contribution in [0, 0.1) is 0 Å². The molecule has 116 valence electrons. The van der Waals surface area contributed by atoms with Gasteiger partial charge in [0.2, 0.25) is 0 Å². The van der Waals surface area contributed by atoms with Gasteiger partial charge in [-0.2, -0.15) is 0 Å². The summed E-state index contributed by atoms with van der Waals surface area (Å²) in [5.74, 6) is 0.787. The van der Waals surface area contributed by atoms with Gasteiger partial charge < -0.3 is 10.1 Å². The standard InChI is InChI=1S/C16H24ClN3O/c17-15-3-1-2-4-16(15)21-12-11-19-7-9-20(10-8-19)14-5-6-18-13-14/h1-4,14,18H,5-13H2. The van der Waals surface area contributed by atoms with Crippen LogP contribution in [-0.2, 0) is 0 Å². The predicted molar refractivity (Wildman–Crippen MR) is 86.2 cm³/mol. The topological polar surface area (TPSA) is 27.7 Å². The number of rotatable bonds is 5. The summed E-state index contributed by atoms with van der Waals surface area (Å²) in [4.78, 5) is 5.11. The molecule has 3 rings (SSSR count). The van der Waals surface area contributed by atoms with Gasteiger partial charge in [0.1, 0.15) is 12.4 Å². The van der Waals surface area contributed by atoms with Crippen molar-refractivity contribution in [1.29, 1.82) is 0 Å². The van der Waals surface area contributed by atoms with E-state index < -0.39 is 0 Å². The molecule has 0 amide bonds. The van der Waals surface area contributed by atoms with Crippen LogP contribution in [0.15, 0.2) is 24.3 Å². The Morgan fingerprint density at radius 1 is 1.19 bits per heavy atom. The molecule has 0 spiro atoms. The molecule has 2 saturated heterocycles. The van der Waals surface area contributed by atoms with Crippen LogP contribution in [0.2, 0.25) is 5.02 Å². The van der Waals surface area contributed by atoms with Crippen LogP contribution in [-0.4, -0.2) is 68.3 Å². The summed E-state index contributed by atoms with van der Waals surface area (Å²) in [5, 5.41) is 4.14. The third-order valence-electron chi connectivity index (χ3n) is 4.46. The van der Waals surface area contributed by atoms with Gasteiger partial charge in [0.05, 0.1) is 5.02 Å². The number of hydrogen-bond donors (Lipinski definition) is 1. The molecule has 1 atom stereocenters. The molecule has 0 saturated carbocycles. The second-order valence-electron chi connectivity index (χ2n) is 5.80. The monoisotopic (exact) mass is 309 g/mol. The van der Waals surface area contributed by atoms with Crippen molar-refractivity contribution in [3.05, 3.63) is 29.3 Å². The maximum atomic E-state index is 6.09. The molecule has 0 aromatic heterocycles. The fourth-order valence-corrected chi connectivity index (χ4v) is 3.34. The summed E-state index contributed by atoms with van der Waals surface area (Å²) in [6.45, 7) is 8.66. The summed E-state index contributed by atoms with van der Waals surface area (Å²) >= 11 is 6.09. The van der Waals surface area contributed by atoms with Crippen LogP contribution in [0.5, 0.6) is 5.75 Å². The number of halogens is 1. The van der Waals surface area contributed by atoms with Gasteiger partial charge in [-0.05, 0) is 25.1 Å². The van der Waals surface area contributed by atoms with Crippen LogP contribution in [0.3, 0.4) is 0 Å². The van der Waals surface area contributed by atoms with E-state index in [9.17, 15) is 0 Å². The summed E-state index contributed by atoms with van der Waals surface area (Å²) in [5.41, 5.74) is 0. The number of para-hydroxylation sites is 1. The molecule has 2 fully saturated rings. The highest BCUT2D eigenvalue weighted by Crippen LogP contribution is 2.23. The van der Waals surface area contributed by atoms with E-state index in [1.165, 1.54) is 26.1 Å². The number of benzene rings is 1. The van der Waals surface area contributed by atoms with Crippen LogP contribution in [0.1, 0.15) is 6.42 Å². The maximum absolute atomic E-state index is 6.09. The molecule has 4 nitrogen and oxygen atoms in total. The summed E-state index contributed by atoms with van der Waals surface area (Å²) in [6, 6.07) is 8.42.